The molecule has 128 valence electrons. The highest BCUT2D eigenvalue weighted by Crippen LogP contribution is 2.27. The van der Waals surface area contributed by atoms with Crippen LogP contribution in [0.4, 0.5) is 0 Å². The van der Waals surface area contributed by atoms with Crippen molar-refractivity contribution in [3.8, 4) is 22.9 Å². The van der Waals surface area contributed by atoms with E-state index in [2.05, 4.69) is 20.7 Å². The molecular weight excluding hydrogens is 322 g/mol. The zero-order chi connectivity index (χ0) is 17.8. The number of aromatic hydroxyl groups is 1. The molecule has 3 N–H and O–H groups in total. The van der Waals surface area contributed by atoms with Gasteiger partial charge in [0.2, 0.25) is 0 Å². The third-order valence-corrected chi connectivity index (χ3v) is 3.65. The molecule has 1 amide bonds. The molecule has 1 aromatic carbocycles. The number of benzene rings is 1. The molecule has 2 heterocycles. The molecule has 8 nitrogen and oxygen atoms in total. The number of phenolic OH excluding ortho intramolecular Hbond substituents is 1. The summed E-state index contributed by atoms with van der Waals surface area (Å²) in [5.41, 5.74) is 4.64. The van der Waals surface area contributed by atoms with Crippen molar-refractivity contribution >= 4 is 12.1 Å². The lowest BCUT2D eigenvalue weighted by Gasteiger charge is -2.04. The molecule has 3 rings (SSSR count). The van der Waals surface area contributed by atoms with Gasteiger partial charge in [0.1, 0.15) is 11.4 Å². The second-order valence-electron chi connectivity index (χ2n) is 5.27. The molecule has 0 atom stereocenters. The number of nitrogens with one attached hydrogen (secondary N) is 2. The monoisotopic (exact) mass is 339 g/mol. The fourth-order valence-corrected chi connectivity index (χ4v) is 2.33. The molecule has 2 aromatic heterocycles. The van der Waals surface area contributed by atoms with Crippen LogP contribution in [-0.4, -0.2) is 39.1 Å². The smallest absolute Gasteiger partial charge is 0.289 e. The minimum atomic E-state index is -0.438. The molecule has 0 radical (unpaired) electrons. The van der Waals surface area contributed by atoms with Gasteiger partial charge in [-0.2, -0.15) is 10.2 Å². The number of ether oxygens (including phenoxy) is 1. The Kier molecular flexibility index (Phi) is 4.51. The molecule has 3 aromatic rings. The van der Waals surface area contributed by atoms with Gasteiger partial charge in [-0.15, -0.1) is 0 Å². The summed E-state index contributed by atoms with van der Waals surface area (Å²) in [7, 11) is 3.36. The normalized spacial score (nSPS) is 11.0. The summed E-state index contributed by atoms with van der Waals surface area (Å²) >= 11 is 0. The number of aromatic amines is 1. The van der Waals surface area contributed by atoms with Gasteiger partial charge in [-0.1, -0.05) is 6.07 Å². The first-order chi connectivity index (χ1) is 12.1. The van der Waals surface area contributed by atoms with Crippen LogP contribution in [0.2, 0.25) is 0 Å². The number of hydrogen-bond donors (Lipinski definition) is 3. The van der Waals surface area contributed by atoms with Gasteiger partial charge >= 0.3 is 0 Å². The molecule has 0 bridgehead atoms. The largest absolute Gasteiger partial charge is 0.504 e. The summed E-state index contributed by atoms with van der Waals surface area (Å²) in [6.07, 6.45) is 3.24. The van der Waals surface area contributed by atoms with Crippen LogP contribution in [0.25, 0.3) is 11.4 Å². The fourth-order valence-electron chi connectivity index (χ4n) is 2.33. The van der Waals surface area contributed by atoms with Crippen LogP contribution >= 0.6 is 0 Å². The van der Waals surface area contributed by atoms with Crippen LogP contribution in [0.15, 0.2) is 47.7 Å². The molecule has 0 unspecified atom stereocenters. The van der Waals surface area contributed by atoms with Gasteiger partial charge in [-0.25, -0.2) is 5.43 Å². The molecular formula is C17H17N5O3. The number of carbonyl (C=O) groups is 1. The second-order valence-corrected chi connectivity index (χ2v) is 5.27. The van der Waals surface area contributed by atoms with Gasteiger partial charge in [0.05, 0.1) is 19.0 Å². The van der Waals surface area contributed by atoms with Crippen LogP contribution in [0.3, 0.4) is 0 Å². The Hall–Kier alpha value is -3.55. The number of rotatable bonds is 5. The van der Waals surface area contributed by atoms with Gasteiger partial charge in [-0.3, -0.25) is 9.89 Å². The lowest BCUT2D eigenvalue weighted by Crippen LogP contribution is -2.18. The molecule has 0 spiro atoms. The van der Waals surface area contributed by atoms with Crippen LogP contribution in [0.1, 0.15) is 16.1 Å². The van der Waals surface area contributed by atoms with E-state index in [0.717, 1.165) is 5.69 Å². The van der Waals surface area contributed by atoms with Crippen molar-refractivity contribution in [2.45, 2.75) is 0 Å². The summed E-state index contributed by atoms with van der Waals surface area (Å²) in [5.74, 6) is -0.154. The third-order valence-electron chi connectivity index (χ3n) is 3.65. The van der Waals surface area contributed by atoms with E-state index in [9.17, 15) is 9.90 Å². The van der Waals surface area contributed by atoms with Gasteiger partial charge in [0, 0.05) is 18.8 Å². The molecule has 0 aliphatic rings. The summed E-state index contributed by atoms with van der Waals surface area (Å²) in [4.78, 5) is 12.1. The van der Waals surface area contributed by atoms with E-state index in [1.807, 2.05) is 29.9 Å². The highest BCUT2D eigenvalue weighted by molar-refractivity contribution is 5.94. The van der Waals surface area contributed by atoms with E-state index < -0.39 is 5.91 Å². The minimum Gasteiger partial charge on any atom is -0.504 e. The quantitative estimate of drug-likeness (QED) is 0.488. The Morgan fingerprint density at radius 2 is 2.24 bits per heavy atom. The highest BCUT2D eigenvalue weighted by atomic mass is 16.5. The van der Waals surface area contributed by atoms with Crippen LogP contribution in [0, 0.1) is 0 Å². The molecule has 0 aliphatic carbocycles. The maximum atomic E-state index is 12.1. The van der Waals surface area contributed by atoms with Crippen molar-refractivity contribution in [3.05, 3.63) is 53.9 Å². The minimum absolute atomic E-state index is 0.0458. The fraction of sp³-hybridized carbons (Fsp3) is 0.118. The van der Waals surface area contributed by atoms with Crippen LogP contribution in [-0.2, 0) is 7.05 Å². The van der Waals surface area contributed by atoms with E-state index in [1.54, 1.807) is 24.3 Å². The maximum absolute atomic E-state index is 12.1. The Labute approximate surface area is 143 Å². The van der Waals surface area contributed by atoms with Crippen molar-refractivity contribution in [2.24, 2.45) is 12.1 Å². The Balaban J connectivity index is 1.69. The Bertz CT molecular complexity index is 926. The number of H-pyrrole nitrogens is 1. The maximum Gasteiger partial charge on any atom is 0.289 e. The number of amides is 1. The number of carbonyl (C=O) groups excluding carboxylic acids is 1. The van der Waals surface area contributed by atoms with Crippen molar-refractivity contribution < 1.29 is 14.6 Å². The number of methoxy groups -OCH3 is 1. The predicted molar refractivity (Wildman–Crippen MR) is 92.7 cm³/mol. The van der Waals surface area contributed by atoms with E-state index in [-0.39, 0.29) is 11.4 Å². The van der Waals surface area contributed by atoms with Crippen molar-refractivity contribution in [1.82, 2.24) is 20.2 Å². The average Bonchev–Trinajstić information content (AvgIpc) is 3.25. The first kappa shape index (κ1) is 16.3. The SMILES string of the molecule is COc1cccc(/C=N/NC(=O)c2cc(-c3cccn3C)n[nH]2)c1O. The Morgan fingerprint density at radius 3 is 2.96 bits per heavy atom. The lowest BCUT2D eigenvalue weighted by molar-refractivity contribution is 0.0950. The first-order valence-corrected chi connectivity index (χ1v) is 7.46. The highest BCUT2D eigenvalue weighted by Gasteiger charge is 2.12. The number of aromatic nitrogens is 3. The van der Waals surface area contributed by atoms with Gasteiger partial charge in [-0.05, 0) is 30.3 Å². The van der Waals surface area contributed by atoms with Crippen molar-refractivity contribution in [3.63, 3.8) is 0 Å². The summed E-state index contributed by atoms with van der Waals surface area (Å²) in [6, 6.07) is 10.4. The first-order valence-electron chi connectivity index (χ1n) is 7.46. The average molecular weight is 339 g/mol. The Morgan fingerprint density at radius 1 is 1.40 bits per heavy atom. The number of para-hydroxylation sites is 1. The molecule has 0 fully saturated rings. The van der Waals surface area contributed by atoms with Crippen LogP contribution < -0.4 is 10.2 Å². The topological polar surface area (TPSA) is 105 Å². The summed E-state index contributed by atoms with van der Waals surface area (Å²) in [6.45, 7) is 0. The van der Waals surface area contributed by atoms with Gasteiger partial charge in [0.25, 0.3) is 5.91 Å². The van der Waals surface area contributed by atoms with Crippen molar-refractivity contribution in [1.29, 1.82) is 0 Å². The zero-order valence-corrected chi connectivity index (χ0v) is 13.7. The summed E-state index contributed by atoms with van der Waals surface area (Å²) < 4.78 is 6.92. The molecule has 0 aliphatic heterocycles. The number of aryl methyl sites for hydroxylation is 1. The number of phenols is 1. The van der Waals surface area contributed by atoms with Crippen molar-refractivity contribution in [2.75, 3.05) is 7.11 Å². The number of nitrogens with zero attached hydrogens (tertiary/aromatic N) is 3. The molecule has 0 saturated heterocycles. The van der Waals surface area contributed by atoms with E-state index in [1.165, 1.54) is 13.3 Å². The molecule has 0 saturated carbocycles. The second kappa shape index (κ2) is 6.91. The van der Waals surface area contributed by atoms with E-state index in [0.29, 0.717) is 17.0 Å². The number of hydrogen-bond acceptors (Lipinski definition) is 5. The van der Waals surface area contributed by atoms with E-state index in [4.69, 9.17) is 4.74 Å². The van der Waals surface area contributed by atoms with E-state index >= 15 is 0 Å². The molecule has 8 heteroatoms. The third kappa shape index (κ3) is 3.37. The number of hydrazone groups is 1. The van der Waals surface area contributed by atoms with Gasteiger partial charge < -0.3 is 14.4 Å². The zero-order valence-electron chi connectivity index (χ0n) is 13.7. The lowest BCUT2D eigenvalue weighted by atomic mass is 10.2. The van der Waals surface area contributed by atoms with Crippen LogP contribution in [0.5, 0.6) is 11.5 Å². The summed E-state index contributed by atoms with van der Waals surface area (Å²) in [5, 5.41) is 20.6. The molecule has 25 heavy (non-hydrogen) atoms. The standard InChI is InChI=1S/C17H17N5O3/c1-22-8-4-6-14(22)12-9-13(20-19-12)17(24)21-18-10-11-5-3-7-15(25-2)16(11)23/h3-10,23H,1-2H3,(H,19,20)(H,21,24)/b18-10+. The van der Waals surface area contributed by atoms with Gasteiger partial charge in [0.15, 0.2) is 11.5 Å². The predicted octanol–water partition coefficient (Wildman–Crippen LogP) is 1.89.